The molecule has 0 fully saturated rings. The Hall–Kier alpha value is -3.61. The van der Waals surface area contributed by atoms with Crippen LogP contribution in [0.3, 0.4) is 0 Å². The first-order chi connectivity index (χ1) is 12.1. The second kappa shape index (κ2) is 7.31. The molecule has 3 aromatic rings. The summed E-state index contributed by atoms with van der Waals surface area (Å²) in [5.41, 5.74) is 2.39. The van der Waals surface area contributed by atoms with Gasteiger partial charge in [-0.1, -0.05) is 24.3 Å². The Morgan fingerprint density at radius 1 is 1.00 bits per heavy atom. The first-order valence-corrected chi connectivity index (χ1v) is 7.47. The molecular formula is C18H14N4O3. The SMILES string of the molecule is O=C(NCc1ccc(-c2ccccc2C(=O)O)cn1)c1cnccn1. The van der Waals surface area contributed by atoms with Crippen LogP contribution in [0.1, 0.15) is 26.5 Å². The second-order valence-electron chi connectivity index (χ2n) is 5.16. The van der Waals surface area contributed by atoms with Crippen molar-refractivity contribution in [3.05, 3.63) is 78.1 Å². The molecule has 0 bridgehead atoms. The fourth-order valence-electron chi connectivity index (χ4n) is 2.29. The van der Waals surface area contributed by atoms with Crippen LogP contribution in [0.5, 0.6) is 0 Å². The average molecular weight is 334 g/mol. The Bertz CT molecular complexity index is 896. The number of pyridine rings is 1. The molecule has 25 heavy (non-hydrogen) atoms. The van der Waals surface area contributed by atoms with Gasteiger partial charge < -0.3 is 10.4 Å². The third-order valence-electron chi connectivity index (χ3n) is 3.52. The molecule has 0 unspecified atom stereocenters. The number of nitrogens with zero attached hydrogens (tertiary/aromatic N) is 3. The lowest BCUT2D eigenvalue weighted by Crippen LogP contribution is -2.24. The van der Waals surface area contributed by atoms with E-state index >= 15 is 0 Å². The van der Waals surface area contributed by atoms with Crippen molar-refractivity contribution in [2.75, 3.05) is 0 Å². The maximum Gasteiger partial charge on any atom is 0.336 e. The minimum absolute atomic E-state index is 0.216. The summed E-state index contributed by atoms with van der Waals surface area (Å²) in [5.74, 6) is -1.33. The van der Waals surface area contributed by atoms with Crippen molar-refractivity contribution >= 4 is 11.9 Å². The zero-order valence-corrected chi connectivity index (χ0v) is 13.1. The van der Waals surface area contributed by atoms with Crippen molar-refractivity contribution in [1.29, 1.82) is 0 Å². The van der Waals surface area contributed by atoms with Gasteiger partial charge in [0.15, 0.2) is 0 Å². The topological polar surface area (TPSA) is 105 Å². The van der Waals surface area contributed by atoms with Gasteiger partial charge in [0.25, 0.3) is 5.91 Å². The molecule has 0 saturated carbocycles. The minimum atomic E-state index is -0.990. The number of amides is 1. The summed E-state index contributed by atoms with van der Waals surface area (Å²) < 4.78 is 0. The van der Waals surface area contributed by atoms with E-state index in [9.17, 15) is 14.7 Å². The fourth-order valence-corrected chi connectivity index (χ4v) is 2.29. The zero-order chi connectivity index (χ0) is 17.6. The molecule has 0 radical (unpaired) electrons. The van der Waals surface area contributed by atoms with Crippen molar-refractivity contribution in [2.24, 2.45) is 0 Å². The van der Waals surface area contributed by atoms with E-state index in [1.807, 2.05) is 0 Å². The van der Waals surface area contributed by atoms with Crippen molar-refractivity contribution in [3.63, 3.8) is 0 Å². The third kappa shape index (κ3) is 3.84. The molecule has 7 heteroatoms. The second-order valence-corrected chi connectivity index (χ2v) is 5.16. The van der Waals surface area contributed by atoms with E-state index in [0.29, 0.717) is 16.8 Å². The molecule has 0 aliphatic rings. The Morgan fingerprint density at radius 3 is 2.52 bits per heavy atom. The molecular weight excluding hydrogens is 320 g/mol. The smallest absolute Gasteiger partial charge is 0.336 e. The maximum atomic E-state index is 11.9. The number of carbonyl (C=O) groups is 2. The Kier molecular flexibility index (Phi) is 4.75. The minimum Gasteiger partial charge on any atom is -0.478 e. The highest BCUT2D eigenvalue weighted by Crippen LogP contribution is 2.23. The summed E-state index contributed by atoms with van der Waals surface area (Å²) in [7, 11) is 0. The normalized spacial score (nSPS) is 10.2. The molecule has 2 heterocycles. The van der Waals surface area contributed by atoms with E-state index in [-0.39, 0.29) is 23.7 Å². The highest BCUT2D eigenvalue weighted by molar-refractivity contribution is 5.95. The van der Waals surface area contributed by atoms with E-state index in [0.717, 1.165) is 0 Å². The van der Waals surface area contributed by atoms with Gasteiger partial charge in [0.2, 0.25) is 0 Å². The van der Waals surface area contributed by atoms with Gasteiger partial charge in [-0.2, -0.15) is 0 Å². The van der Waals surface area contributed by atoms with E-state index in [1.54, 1.807) is 42.6 Å². The largest absolute Gasteiger partial charge is 0.478 e. The number of hydrogen-bond acceptors (Lipinski definition) is 5. The molecule has 0 aliphatic carbocycles. The number of aromatic nitrogens is 3. The first kappa shape index (κ1) is 16.3. The molecule has 3 rings (SSSR count). The van der Waals surface area contributed by atoms with Crippen molar-refractivity contribution in [3.8, 4) is 11.1 Å². The van der Waals surface area contributed by atoms with Crippen molar-refractivity contribution in [1.82, 2.24) is 20.3 Å². The summed E-state index contributed by atoms with van der Waals surface area (Å²) in [5, 5.41) is 12.0. The number of nitrogens with one attached hydrogen (secondary N) is 1. The molecule has 2 aromatic heterocycles. The molecule has 0 saturated heterocycles. The predicted molar refractivity (Wildman–Crippen MR) is 89.8 cm³/mol. The summed E-state index contributed by atoms with van der Waals surface area (Å²) in [6.07, 6.45) is 5.91. The van der Waals surface area contributed by atoms with E-state index < -0.39 is 5.97 Å². The molecule has 2 N–H and O–H groups in total. The lowest BCUT2D eigenvalue weighted by atomic mass is 10.0. The van der Waals surface area contributed by atoms with Gasteiger partial charge >= 0.3 is 5.97 Å². The zero-order valence-electron chi connectivity index (χ0n) is 13.1. The maximum absolute atomic E-state index is 11.9. The first-order valence-electron chi connectivity index (χ1n) is 7.47. The summed E-state index contributed by atoms with van der Waals surface area (Å²) in [6.45, 7) is 0.232. The van der Waals surface area contributed by atoms with Crippen LogP contribution in [0, 0.1) is 0 Å². The number of aromatic carboxylic acids is 1. The third-order valence-corrected chi connectivity index (χ3v) is 3.52. The number of benzene rings is 1. The van der Waals surface area contributed by atoms with Gasteiger partial charge in [-0.25, -0.2) is 9.78 Å². The van der Waals surface area contributed by atoms with E-state index in [1.165, 1.54) is 18.6 Å². The number of rotatable bonds is 5. The Balaban J connectivity index is 1.71. The highest BCUT2D eigenvalue weighted by Gasteiger charge is 2.11. The Labute approximate surface area is 143 Å². The van der Waals surface area contributed by atoms with Crippen molar-refractivity contribution in [2.45, 2.75) is 6.54 Å². The van der Waals surface area contributed by atoms with Gasteiger partial charge in [-0.05, 0) is 17.7 Å². The average Bonchev–Trinajstić information content (AvgIpc) is 2.67. The quantitative estimate of drug-likeness (QED) is 0.741. The van der Waals surface area contributed by atoms with Crippen LogP contribution >= 0.6 is 0 Å². The van der Waals surface area contributed by atoms with E-state index in [4.69, 9.17) is 0 Å². The molecule has 0 aliphatic heterocycles. The highest BCUT2D eigenvalue weighted by atomic mass is 16.4. The van der Waals surface area contributed by atoms with Crippen LogP contribution < -0.4 is 5.32 Å². The van der Waals surface area contributed by atoms with Gasteiger partial charge in [0.05, 0.1) is 24.0 Å². The lowest BCUT2D eigenvalue weighted by Gasteiger charge is -2.07. The number of carboxylic acids is 1. The van der Waals surface area contributed by atoms with Crippen LogP contribution in [-0.4, -0.2) is 31.9 Å². The van der Waals surface area contributed by atoms with Crippen molar-refractivity contribution < 1.29 is 14.7 Å². The molecule has 1 aromatic carbocycles. The molecule has 124 valence electrons. The van der Waals surface area contributed by atoms with Gasteiger partial charge in [0.1, 0.15) is 5.69 Å². The van der Waals surface area contributed by atoms with Crippen LogP contribution in [0.25, 0.3) is 11.1 Å². The predicted octanol–water partition coefficient (Wildman–Crippen LogP) is 2.17. The molecule has 0 atom stereocenters. The molecule has 1 amide bonds. The van der Waals surface area contributed by atoms with E-state index in [2.05, 4.69) is 20.3 Å². The standard InChI is InChI=1S/C18H14N4O3/c23-17(16-11-19-7-8-20-16)22-10-13-6-5-12(9-21-13)14-3-1-2-4-15(14)18(24)25/h1-9,11H,10H2,(H,22,23)(H,24,25). The number of hydrogen-bond donors (Lipinski definition) is 2. The fraction of sp³-hybridized carbons (Fsp3) is 0.0556. The Morgan fingerprint density at radius 2 is 1.84 bits per heavy atom. The van der Waals surface area contributed by atoms with Crippen LogP contribution in [-0.2, 0) is 6.54 Å². The van der Waals surface area contributed by atoms with Gasteiger partial charge in [0, 0.05) is 24.2 Å². The van der Waals surface area contributed by atoms with Gasteiger partial charge in [-0.15, -0.1) is 0 Å². The molecule has 7 nitrogen and oxygen atoms in total. The summed E-state index contributed by atoms with van der Waals surface area (Å²) >= 11 is 0. The lowest BCUT2D eigenvalue weighted by molar-refractivity contribution is 0.0697. The van der Waals surface area contributed by atoms with Crippen LogP contribution in [0.2, 0.25) is 0 Å². The van der Waals surface area contributed by atoms with Gasteiger partial charge in [-0.3, -0.25) is 14.8 Å². The molecule has 0 spiro atoms. The summed E-state index contributed by atoms with van der Waals surface area (Å²) in [4.78, 5) is 35.3. The summed E-state index contributed by atoms with van der Waals surface area (Å²) in [6, 6.07) is 10.2. The number of carbonyl (C=O) groups excluding carboxylic acids is 1. The number of carboxylic acid groups (broad SMARTS) is 1. The monoisotopic (exact) mass is 334 g/mol. The van der Waals surface area contributed by atoms with Crippen LogP contribution in [0.15, 0.2) is 61.2 Å². The van der Waals surface area contributed by atoms with Crippen LogP contribution in [0.4, 0.5) is 0 Å².